The highest BCUT2D eigenvalue weighted by Gasteiger charge is 2.31. The number of hydrogen-bond acceptors (Lipinski definition) is 1. The highest BCUT2D eigenvalue weighted by molar-refractivity contribution is 5.91. The molecule has 52 heavy (non-hydrogen) atoms. The molecule has 6 aromatic rings. The van der Waals surface area contributed by atoms with Gasteiger partial charge >= 0.3 is 5.97 Å². The van der Waals surface area contributed by atoms with Crippen molar-refractivity contribution in [1.82, 2.24) is 0 Å². The molecule has 5 aromatic carbocycles. The standard InChI is InChI=1S/C49H47NO2/c1-3-38(39-26-23-37(24-27-39)32-47(40-13-6-4-7-14-40)41-15-8-5-9-16-41)33-43-17-12-19-44(43)46-31-36(22-21-35(46)2)25-28-42-29-30-50(34-49(51)52)48-20-11-10-18-45(42)48/h4-11,13-16,18,20-32,38,43-44H,3,12,17,19,33-34H2,1-2H3/p+1. The summed E-state index contributed by atoms with van der Waals surface area (Å²) in [4.78, 5) is 11.4. The third-order valence-corrected chi connectivity index (χ3v) is 11.0. The van der Waals surface area contributed by atoms with Gasteiger partial charge in [-0.15, -0.1) is 0 Å². The van der Waals surface area contributed by atoms with Crippen LogP contribution in [0.1, 0.15) is 95.4 Å². The number of nitrogens with zero attached hydrogens (tertiary/aromatic N) is 1. The van der Waals surface area contributed by atoms with E-state index in [-0.39, 0.29) is 6.54 Å². The van der Waals surface area contributed by atoms with E-state index < -0.39 is 5.97 Å². The van der Waals surface area contributed by atoms with E-state index in [0.29, 0.717) is 17.8 Å². The van der Waals surface area contributed by atoms with Crippen LogP contribution in [0.5, 0.6) is 0 Å². The largest absolute Gasteiger partial charge is 0.477 e. The second-order valence-corrected chi connectivity index (χ2v) is 14.4. The van der Waals surface area contributed by atoms with Gasteiger partial charge in [0.1, 0.15) is 0 Å². The number of carboxylic acids is 1. The number of fused-ring (bicyclic) bond motifs is 1. The van der Waals surface area contributed by atoms with Gasteiger partial charge in [-0.05, 0) is 113 Å². The molecule has 1 fully saturated rings. The Morgan fingerprint density at radius 1 is 0.788 bits per heavy atom. The van der Waals surface area contributed by atoms with E-state index in [1.54, 1.807) is 4.57 Å². The summed E-state index contributed by atoms with van der Waals surface area (Å²) in [5.41, 5.74) is 12.5. The molecule has 1 aliphatic carbocycles. The van der Waals surface area contributed by atoms with E-state index in [2.05, 4.69) is 141 Å². The van der Waals surface area contributed by atoms with Gasteiger partial charge in [-0.25, -0.2) is 4.79 Å². The predicted octanol–water partition coefficient (Wildman–Crippen LogP) is 11.7. The van der Waals surface area contributed by atoms with Gasteiger partial charge in [-0.1, -0.05) is 141 Å². The summed E-state index contributed by atoms with van der Waals surface area (Å²) in [6.45, 7) is 4.56. The van der Waals surface area contributed by atoms with Crippen LogP contribution in [-0.4, -0.2) is 11.1 Å². The second kappa shape index (κ2) is 16.2. The average molecular weight is 683 g/mol. The van der Waals surface area contributed by atoms with Crippen molar-refractivity contribution in [3.63, 3.8) is 0 Å². The molecule has 3 atom stereocenters. The molecule has 1 N–H and O–H groups in total. The normalized spacial score (nSPS) is 16.3. The SMILES string of the molecule is CCC(CC1CCCC1c1cc(C=Cc2cc[n+](CC(=O)O)c3ccccc23)ccc1C)c1ccc(C=C(c2ccccc2)c2ccccc2)cc1. The molecule has 0 radical (unpaired) electrons. The number of pyridine rings is 1. The smallest absolute Gasteiger partial charge is 0.370 e. The van der Waals surface area contributed by atoms with Gasteiger partial charge in [0.25, 0.3) is 0 Å². The lowest BCUT2D eigenvalue weighted by molar-refractivity contribution is -0.660. The van der Waals surface area contributed by atoms with Gasteiger partial charge in [-0.3, -0.25) is 0 Å². The van der Waals surface area contributed by atoms with E-state index >= 15 is 0 Å². The fraction of sp³-hybridized carbons (Fsp3) is 0.224. The molecule has 0 saturated heterocycles. The van der Waals surface area contributed by atoms with Gasteiger partial charge in [0.05, 0.1) is 5.39 Å². The second-order valence-electron chi connectivity index (χ2n) is 14.4. The van der Waals surface area contributed by atoms with E-state index in [1.165, 1.54) is 70.2 Å². The van der Waals surface area contributed by atoms with Crippen LogP contribution in [0.15, 0.2) is 140 Å². The number of aliphatic carboxylic acids is 1. The van der Waals surface area contributed by atoms with Crippen LogP contribution in [0.2, 0.25) is 0 Å². The van der Waals surface area contributed by atoms with Gasteiger partial charge in [0.2, 0.25) is 12.1 Å². The van der Waals surface area contributed by atoms with Crippen LogP contribution in [0.3, 0.4) is 0 Å². The Bertz CT molecular complexity index is 2160. The maximum Gasteiger partial charge on any atom is 0.370 e. The molecular formula is C49H48NO2+. The quantitative estimate of drug-likeness (QED) is 0.103. The zero-order valence-corrected chi connectivity index (χ0v) is 30.3. The van der Waals surface area contributed by atoms with Crippen LogP contribution in [-0.2, 0) is 11.3 Å². The molecule has 3 heteroatoms. The Morgan fingerprint density at radius 3 is 2.15 bits per heavy atom. The zero-order valence-electron chi connectivity index (χ0n) is 30.3. The van der Waals surface area contributed by atoms with Crippen molar-refractivity contribution in [2.24, 2.45) is 5.92 Å². The van der Waals surface area contributed by atoms with Crippen molar-refractivity contribution in [2.45, 2.75) is 64.3 Å². The lowest BCUT2D eigenvalue weighted by Gasteiger charge is -2.26. The predicted molar refractivity (Wildman–Crippen MR) is 216 cm³/mol. The minimum Gasteiger partial charge on any atom is -0.477 e. The summed E-state index contributed by atoms with van der Waals surface area (Å²) in [6, 6.07) is 47.7. The molecular weight excluding hydrogens is 635 g/mol. The number of carboxylic acid groups (broad SMARTS) is 1. The van der Waals surface area contributed by atoms with E-state index in [9.17, 15) is 9.90 Å². The van der Waals surface area contributed by atoms with Crippen molar-refractivity contribution in [3.8, 4) is 0 Å². The Labute approximate surface area is 308 Å². The minimum absolute atomic E-state index is 0.0553. The Balaban J connectivity index is 1.09. The third kappa shape index (κ3) is 8.00. The van der Waals surface area contributed by atoms with Crippen LogP contribution < -0.4 is 4.57 Å². The van der Waals surface area contributed by atoms with Gasteiger partial charge in [-0.2, -0.15) is 4.57 Å². The molecule has 1 saturated carbocycles. The molecule has 260 valence electrons. The van der Waals surface area contributed by atoms with Crippen LogP contribution >= 0.6 is 0 Å². The minimum atomic E-state index is -0.844. The molecule has 0 bridgehead atoms. The van der Waals surface area contributed by atoms with Crippen LogP contribution in [0, 0.1) is 12.8 Å². The molecule has 0 aliphatic heterocycles. The maximum absolute atomic E-state index is 11.4. The molecule has 1 aliphatic rings. The monoisotopic (exact) mass is 682 g/mol. The summed E-state index contributed by atoms with van der Waals surface area (Å²) >= 11 is 0. The number of aryl methyl sites for hydroxylation is 1. The molecule has 0 spiro atoms. The van der Waals surface area contributed by atoms with Gasteiger partial charge in [0.15, 0.2) is 6.20 Å². The zero-order chi connectivity index (χ0) is 35.9. The Hall–Kier alpha value is -5.54. The lowest BCUT2D eigenvalue weighted by atomic mass is 9.78. The van der Waals surface area contributed by atoms with Crippen molar-refractivity contribution in [3.05, 3.63) is 184 Å². The van der Waals surface area contributed by atoms with Gasteiger partial charge in [0, 0.05) is 12.1 Å². The molecule has 0 amide bonds. The Morgan fingerprint density at radius 2 is 1.46 bits per heavy atom. The fourth-order valence-corrected chi connectivity index (χ4v) is 8.32. The van der Waals surface area contributed by atoms with Crippen molar-refractivity contribution >= 4 is 40.7 Å². The van der Waals surface area contributed by atoms with Crippen molar-refractivity contribution in [1.29, 1.82) is 0 Å². The summed E-state index contributed by atoms with van der Waals surface area (Å²) in [6.07, 6.45) is 14.7. The highest BCUT2D eigenvalue weighted by atomic mass is 16.4. The lowest BCUT2D eigenvalue weighted by Crippen LogP contribution is -2.38. The molecule has 7 rings (SSSR count). The highest BCUT2D eigenvalue weighted by Crippen LogP contribution is 2.46. The molecule has 3 nitrogen and oxygen atoms in total. The van der Waals surface area contributed by atoms with Crippen molar-refractivity contribution < 1.29 is 14.5 Å². The van der Waals surface area contributed by atoms with Crippen LogP contribution in [0.4, 0.5) is 0 Å². The number of aromatic nitrogens is 1. The summed E-state index contributed by atoms with van der Waals surface area (Å²) in [7, 11) is 0. The van der Waals surface area contributed by atoms with Gasteiger partial charge < -0.3 is 5.11 Å². The first-order valence-electron chi connectivity index (χ1n) is 18.8. The van der Waals surface area contributed by atoms with E-state index in [0.717, 1.165) is 22.9 Å². The fourth-order valence-electron chi connectivity index (χ4n) is 8.32. The van der Waals surface area contributed by atoms with Crippen molar-refractivity contribution in [2.75, 3.05) is 0 Å². The molecule has 1 aromatic heterocycles. The number of benzene rings is 5. The summed E-state index contributed by atoms with van der Waals surface area (Å²) in [5, 5.41) is 10.4. The first-order valence-corrected chi connectivity index (χ1v) is 18.8. The number of hydrogen-bond donors (Lipinski definition) is 1. The van der Waals surface area contributed by atoms with E-state index in [1.807, 2.05) is 30.5 Å². The Kier molecular flexibility index (Phi) is 10.9. The average Bonchev–Trinajstić information content (AvgIpc) is 3.65. The molecule has 1 heterocycles. The number of carbonyl (C=O) groups is 1. The third-order valence-electron chi connectivity index (χ3n) is 11.0. The topological polar surface area (TPSA) is 41.2 Å². The first kappa shape index (κ1) is 34.9. The summed E-state index contributed by atoms with van der Waals surface area (Å²) in [5.74, 6) is 0.915. The first-order chi connectivity index (χ1) is 25.5. The molecule has 3 unspecified atom stereocenters. The number of para-hydroxylation sites is 1. The summed E-state index contributed by atoms with van der Waals surface area (Å²) < 4.78 is 1.79. The van der Waals surface area contributed by atoms with Crippen LogP contribution in [0.25, 0.3) is 34.7 Å². The maximum atomic E-state index is 11.4. The van der Waals surface area contributed by atoms with E-state index in [4.69, 9.17) is 0 Å². The number of rotatable bonds is 12.